The average molecular weight is 343 g/mol. The first-order valence-corrected chi connectivity index (χ1v) is 7.86. The van der Waals surface area contributed by atoms with Crippen molar-refractivity contribution in [3.8, 4) is 11.5 Å². The fraction of sp³-hybridized carbons (Fsp3) is 0.263. The summed E-state index contributed by atoms with van der Waals surface area (Å²) in [6, 6.07) is 14.4. The number of nitrogens with one attached hydrogen (secondary N) is 1. The lowest BCUT2D eigenvalue weighted by atomic mass is 10.2. The van der Waals surface area contributed by atoms with Crippen LogP contribution in [0.15, 0.2) is 48.5 Å². The molecule has 0 aromatic heterocycles. The van der Waals surface area contributed by atoms with E-state index in [-0.39, 0.29) is 19.6 Å². The molecule has 2 aromatic carbocycles. The van der Waals surface area contributed by atoms with Crippen molar-refractivity contribution in [2.75, 3.05) is 25.6 Å². The number of ether oxygens (including phenoxy) is 3. The minimum Gasteiger partial charge on any atom is -0.497 e. The second kappa shape index (κ2) is 9.32. The quantitative estimate of drug-likeness (QED) is 0.746. The Morgan fingerprint density at radius 3 is 2.24 bits per heavy atom. The summed E-state index contributed by atoms with van der Waals surface area (Å²) in [6.07, 6.45) is 0.0731. The van der Waals surface area contributed by atoms with Crippen LogP contribution < -0.4 is 14.8 Å². The second-order valence-corrected chi connectivity index (χ2v) is 5.35. The van der Waals surface area contributed by atoms with Crippen molar-refractivity contribution in [1.82, 2.24) is 0 Å². The highest BCUT2D eigenvalue weighted by Gasteiger charge is 2.08. The maximum atomic E-state index is 11.7. The number of hydrogen-bond acceptors (Lipinski definition) is 5. The van der Waals surface area contributed by atoms with Crippen molar-refractivity contribution in [2.24, 2.45) is 0 Å². The summed E-state index contributed by atoms with van der Waals surface area (Å²) < 4.78 is 15.4. The zero-order chi connectivity index (χ0) is 18.1. The standard InChI is InChI=1S/C19H21NO5/c1-14-3-7-17(8-4-14)24-12-11-19(22)25-13-18(21)20-15-5-9-16(23-2)10-6-15/h3-10H,11-13H2,1-2H3,(H,20,21). The maximum absolute atomic E-state index is 11.7. The number of anilines is 1. The Kier molecular flexibility index (Phi) is 6.83. The third kappa shape index (κ3) is 6.55. The van der Waals surface area contributed by atoms with Gasteiger partial charge in [0.1, 0.15) is 11.5 Å². The summed E-state index contributed by atoms with van der Waals surface area (Å²) in [5, 5.41) is 2.63. The summed E-state index contributed by atoms with van der Waals surface area (Å²) in [7, 11) is 1.57. The van der Waals surface area contributed by atoms with Crippen LogP contribution in [0.3, 0.4) is 0 Å². The number of carbonyl (C=O) groups is 2. The Morgan fingerprint density at radius 2 is 1.60 bits per heavy atom. The molecule has 0 atom stereocenters. The highest BCUT2D eigenvalue weighted by molar-refractivity contribution is 5.92. The Bertz CT molecular complexity index is 695. The molecule has 0 heterocycles. The normalized spacial score (nSPS) is 10.0. The fourth-order valence-corrected chi connectivity index (χ4v) is 1.98. The zero-order valence-corrected chi connectivity index (χ0v) is 14.3. The second-order valence-electron chi connectivity index (χ2n) is 5.35. The lowest BCUT2D eigenvalue weighted by molar-refractivity contribution is -0.147. The summed E-state index contributed by atoms with van der Waals surface area (Å²) >= 11 is 0. The topological polar surface area (TPSA) is 73.9 Å². The molecule has 1 N–H and O–H groups in total. The molecular weight excluding hydrogens is 322 g/mol. The van der Waals surface area contributed by atoms with Crippen molar-refractivity contribution < 1.29 is 23.8 Å². The van der Waals surface area contributed by atoms with Crippen LogP contribution in [0.25, 0.3) is 0 Å². The summed E-state index contributed by atoms with van der Waals surface area (Å²) in [5.41, 5.74) is 1.74. The van der Waals surface area contributed by atoms with E-state index in [4.69, 9.17) is 14.2 Å². The molecule has 6 nitrogen and oxygen atoms in total. The molecule has 0 bridgehead atoms. The molecule has 0 aliphatic heterocycles. The molecule has 132 valence electrons. The van der Waals surface area contributed by atoms with Crippen molar-refractivity contribution in [1.29, 1.82) is 0 Å². The van der Waals surface area contributed by atoms with Gasteiger partial charge in [-0.2, -0.15) is 0 Å². The molecule has 0 spiro atoms. The number of benzene rings is 2. The number of esters is 1. The Balaban J connectivity index is 1.64. The van der Waals surface area contributed by atoms with Gasteiger partial charge >= 0.3 is 5.97 Å². The van der Waals surface area contributed by atoms with Crippen LogP contribution >= 0.6 is 0 Å². The van der Waals surface area contributed by atoms with Crippen LogP contribution in [0.2, 0.25) is 0 Å². The van der Waals surface area contributed by atoms with E-state index in [1.54, 1.807) is 31.4 Å². The molecule has 0 unspecified atom stereocenters. The van der Waals surface area contributed by atoms with Crippen molar-refractivity contribution >= 4 is 17.6 Å². The van der Waals surface area contributed by atoms with Crippen molar-refractivity contribution in [3.63, 3.8) is 0 Å². The lowest BCUT2D eigenvalue weighted by Crippen LogP contribution is -2.21. The molecule has 0 aliphatic carbocycles. The van der Waals surface area contributed by atoms with E-state index in [1.807, 2.05) is 31.2 Å². The largest absolute Gasteiger partial charge is 0.497 e. The van der Waals surface area contributed by atoms with Crippen molar-refractivity contribution in [3.05, 3.63) is 54.1 Å². The monoisotopic (exact) mass is 343 g/mol. The molecule has 1 amide bonds. The first kappa shape index (κ1) is 18.3. The number of rotatable bonds is 8. The van der Waals surface area contributed by atoms with Crippen LogP contribution in [-0.2, 0) is 14.3 Å². The molecule has 0 fully saturated rings. The van der Waals surface area contributed by atoms with Crippen LogP contribution in [0.5, 0.6) is 11.5 Å². The SMILES string of the molecule is COc1ccc(NC(=O)COC(=O)CCOc2ccc(C)cc2)cc1. The smallest absolute Gasteiger partial charge is 0.309 e. The third-order valence-corrected chi connectivity index (χ3v) is 3.33. The minimum absolute atomic E-state index is 0.0731. The summed E-state index contributed by atoms with van der Waals surface area (Å²) in [5.74, 6) is 0.489. The van der Waals surface area contributed by atoms with Gasteiger partial charge in [-0.25, -0.2) is 0 Å². The molecular formula is C19H21NO5. The molecule has 0 saturated heterocycles. The number of carbonyl (C=O) groups excluding carboxylic acids is 2. The van der Waals surface area contributed by atoms with Gasteiger partial charge in [0.05, 0.1) is 20.1 Å². The lowest BCUT2D eigenvalue weighted by Gasteiger charge is -2.08. The van der Waals surface area contributed by atoms with E-state index in [0.29, 0.717) is 17.2 Å². The van der Waals surface area contributed by atoms with Gasteiger partial charge in [-0.15, -0.1) is 0 Å². The number of aryl methyl sites for hydroxylation is 1. The molecule has 0 aliphatic rings. The van der Waals surface area contributed by atoms with Gasteiger partial charge in [0.15, 0.2) is 6.61 Å². The van der Waals surface area contributed by atoms with E-state index in [1.165, 1.54) is 0 Å². The molecule has 0 saturated carbocycles. The van der Waals surface area contributed by atoms with Crippen molar-refractivity contribution in [2.45, 2.75) is 13.3 Å². The molecule has 2 rings (SSSR count). The van der Waals surface area contributed by atoms with Gasteiger partial charge in [0.25, 0.3) is 5.91 Å². The summed E-state index contributed by atoms with van der Waals surface area (Å²) in [4.78, 5) is 23.4. The van der Waals surface area contributed by atoms with Crippen LogP contribution in [-0.4, -0.2) is 32.2 Å². The molecule has 6 heteroatoms. The van der Waals surface area contributed by atoms with Gasteiger partial charge in [-0.05, 0) is 43.3 Å². The summed E-state index contributed by atoms with van der Waals surface area (Å²) in [6.45, 7) is 1.84. The number of amides is 1. The van der Waals surface area contributed by atoms with E-state index in [2.05, 4.69) is 5.32 Å². The highest BCUT2D eigenvalue weighted by atomic mass is 16.5. The van der Waals surface area contributed by atoms with E-state index >= 15 is 0 Å². The Hall–Kier alpha value is -3.02. The van der Waals surface area contributed by atoms with Gasteiger partial charge < -0.3 is 19.5 Å². The van der Waals surface area contributed by atoms with Gasteiger partial charge in [0, 0.05) is 5.69 Å². The van der Waals surface area contributed by atoms with Crippen LogP contribution in [0, 0.1) is 6.92 Å². The average Bonchev–Trinajstić information content (AvgIpc) is 2.62. The minimum atomic E-state index is -0.489. The van der Waals surface area contributed by atoms with Crippen LogP contribution in [0.1, 0.15) is 12.0 Å². The molecule has 25 heavy (non-hydrogen) atoms. The Labute approximate surface area is 146 Å². The number of methoxy groups -OCH3 is 1. The highest BCUT2D eigenvalue weighted by Crippen LogP contribution is 2.15. The van der Waals surface area contributed by atoms with Crippen LogP contribution in [0.4, 0.5) is 5.69 Å². The molecule has 2 aromatic rings. The maximum Gasteiger partial charge on any atom is 0.309 e. The van der Waals surface area contributed by atoms with E-state index < -0.39 is 11.9 Å². The zero-order valence-electron chi connectivity index (χ0n) is 14.3. The number of hydrogen-bond donors (Lipinski definition) is 1. The van der Waals surface area contributed by atoms with E-state index in [0.717, 1.165) is 5.56 Å². The third-order valence-electron chi connectivity index (χ3n) is 3.33. The molecule has 0 radical (unpaired) electrons. The first-order chi connectivity index (χ1) is 12.1. The fourth-order valence-electron chi connectivity index (χ4n) is 1.98. The van der Waals surface area contributed by atoms with Gasteiger partial charge in [-0.1, -0.05) is 17.7 Å². The van der Waals surface area contributed by atoms with Gasteiger partial charge in [-0.3, -0.25) is 9.59 Å². The predicted octanol–water partition coefficient (Wildman–Crippen LogP) is 2.95. The first-order valence-electron chi connectivity index (χ1n) is 7.86. The predicted molar refractivity (Wildman–Crippen MR) is 93.9 cm³/mol. The van der Waals surface area contributed by atoms with Gasteiger partial charge in [0.2, 0.25) is 0 Å². The van der Waals surface area contributed by atoms with E-state index in [9.17, 15) is 9.59 Å². The Morgan fingerprint density at radius 1 is 0.960 bits per heavy atom.